The number of fused-ring (bicyclic) bond motifs is 2. The molecule has 0 amide bonds. The van der Waals surface area contributed by atoms with Crippen molar-refractivity contribution in [2.75, 3.05) is 19.0 Å². The summed E-state index contributed by atoms with van der Waals surface area (Å²) in [5, 5.41) is 0. The molecule has 5 rings (SSSR count). The van der Waals surface area contributed by atoms with Crippen LogP contribution in [-0.4, -0.2) is 29.4 Å². The Morgan fingerprint density at radius 1 is 0.935 bits per heavy atom. The molecule has 1 unspecified atom stereocenters. The number of hydrogen-bond acceptors (Lipinski definition) is 2. The van der Waals surface area contributed by atoms with Crippen molar-refractivity contribution < 1.29 is 4.58 Å². The summed E-state index contributed by atoms with van der Waals surface area (Å²) >= 11 is 0. The van der Waals surface area contributed by atoms with Gasteiger partial charge in [0, 0.05) is 41.7 Å². The molecule has 2 aliphatic heterocycles. The van der Waals surface area contributed by atoms with Gasteiger partial charge in [-0.25, -0.2) is 0 Å². The van der Waals surface area contributed by atoms with E-state index in [1.54, 1.807) is 0 Å². The number of allylic oxidation sites excluding steroid dienone is 2. The van der Waals surface area contributed by atoms with E-state index in [1.807, 2.05) is 12.4 Å². The van der Waals surface area contributed by atoms with Crippen LogP contribution in [0.3, 0.4) is 0 Å². The highest BCUT2D eigenvalue weighted by Gasteiger charge is 2.47. The van der Waals surface area contributed by atoms with Crippen LogP contribution in [0.4, 0.5) is 11.4 Å². The van der Waals surface area contributed by atoms with Crippen LogP contribution in [0.15, 0.2) is 84.8 Å². The van der Waals surface area contributed by atoms with Crippen LogP contribution in [0.25, 0.3) is 0 Å². The van der Waals surface area contributed by atoms with Gasteiger partial charge in [0.1, 0.15) is 7.05 Å². The largest absolute Gasteiger partial charge is 0.347 e. The van der Waals surface area contributed by atoms with E-state index in [9.17, 15) is 0 Å². The maximum absolute atomic E-state index is 4.38. The molecular formula is C28H30N3+. The van der Waals surface area contributed by atoms with E-state index in [0.29, 0.717) is 0 Å². The fourth-order valence-corrected chi connectivity index (χ4v) is 5.59. The van der Waals surface area contributed by atoms with Gasteiger partial charge in [0.25, 0.3) is 0 Å². The summed E-state index contributed by atoms with van der Waals surface area (Å²) < 4.78 is 2.31. The number of likely N-dealkylation sites (N-methyl/N-ethyl adjacent to an activating group) is 1. The summed E-state index contributed by atoms with van der Waals surface area (Å²) in [5.41, 5.74) is 9.04. The lowest BCUT2D eigenvalue weighted by molar-refractivity contribution is -0.401. The zero-order valence-corrected chi connectivity index (χ0v) is 19.1. The first-order chi connectivity index (χ1) is 14.8. The molecule has 0 saturated carbocycles. The van der Waals surface area contributed by atoms with Crippen molar-refractivity contribution >= 4 is 17.1 Å². The summed E-state index contributed by atoms with van der Waals surface area (Å²) in [4.78, 5) is 6.77. The third kappa shape index (κ3) is 2.87. The standard InChI is InChI=1S/C28H30N3/c1-27(2)21-15-16-29-19-24(21)31(5)25(27)17-26-28(3,18-20-11-7-6-8-12-20)22-13-9-10-14-23(22)30(26)4/h6-17,19H,18H2,1-5H3/q+1. The molecule has 0 radical (unpaired) electrons. The fourth-order valence-electron chi connectivity index (χ4n) is 5.59. The minimum Gasteiger partial charge on any atom is -0.347 e. The predicted octanol–water partition coefficient (Wildman–Crippen LogP) is 5.62. The molecule has 0 bridgehead atoms. The highest BCUT2D eigenvalue weighted by Crippen LogP contribution is 2.50. The first-order valence-corrected chi connectivity index (χ1v) is 11.0. The van der Waals surface area contributed by atoms with Gasteiger partial charge >= 0.3 is 0 Å². The van der Waals surface area contributed by atoms with E-state index in [4.69, 9.17) is 0 Å². The van der Waals surface area contributed by atoms with E-state index >= 15 is 0 Å². The van der Waals surface area contributed by atoms with Crippen molar-refractivity contribution in [1.29, 1.82) is 0 Å². The zero-order valence-electron chi connectivity index (χ0n) is 19.1. The number of aromatic nitrogens is 1. The molecule has 3 heterocycles. The maximum atomic E-state index is 4.38. The summed E-state index contributed by atoms with van der Waals surface area (Å²) in [6.07, 6.45) is 7.29. The molecule has 3 heteroatoms. The molecule has 3 aromatic rings. The lowest BCUT2D eigenvalue weighted by Crippen LogP contribution is -2.33. The van der Waals surface area contributed by atoms with Gasteiger partial charge in [0.2, 0.25) is 5.69 Å². The van der Waals surface area contributed by atoms with Crippen LogP contribution in [0.2, 0.25) is 0 Å². The maximum Gasteiger partial charge on any atom is 0.228 e. The smallest absolute Gasteiger partial charge is 0.228 e. The second-order valence-corrected chi connectivity index (χ2v) is 9.56. The average Bonchev–Trinajstić information content (AvgIpc) is 3.10. The first kappa shape index (κ1) is 19.7. The molecule has 0 fully saturated rings. The van der Waals surface area contributed by atoms with Crippen LogP contribution in [-0.2, 0) is 17.3 Å². The minimum atomic E-state index is -0.107. The highest BCUT2D eigenvalue weighted by atomic mass is 15.2. The topological polar surface area (TPSA) is 19.1 Å². The molecule has 156 valence electrons. The molecule has 0 spiro atoms. The molecule has 2 aliphatic rings. The van der Waals surface area contributed by atoms with E-state index in [1.165, 1.54) is 39.5 Å². The van der Waals surface area contributed by atoms with E-state index < -0.39 is 0 Å². The van der Waals surface area contributed by atoms with Gasteiger partial charge in [-0.3, -0.25) is 4.98 Å². The number of rotatable bonds is 3. The number of hydrogen-bond donors (Lipinski definition) is 0. The first-order valence-electron chi connectivity index (χ1n) is 11.0. The molecule has 31 heavy (non-hydrogen) atoms. The van der Waals surface area contributed by atoms with Gasteiger partial charge in [-0.2, -0.15) is 4.58 Å². The molecular weight excluding hydrogens is 378 g/mol. The van der Waals surface area contributed by atoms with Crippen molar-refractivity contribution in [2.24, 2.45) is 0 Å². The van der Waals surface area contributed by atoms with Gasteiger partial charge < -0.3 is 4.90 Å². The third-order valence-electron chi connectivity index (χ3n) is 7.30. The fraction of sp³-hybridized carbons (Fsp3) is 0.286. The second kappa shape index (κ2) is 6.91. The molecule has 1 aromatic heterocycles. The molecule has 1 atom stereocenters. The highest BCUT2D eigenvalue weighted by molar-refractivity contribution is 6.04. The molecule has 0 aliphatic carbocycles. The van der Waals surface area contributed by atoms with Crippen molar-refractivity contribution in [2.45, 2.75) is 38.0 Å². The second-order valence-electron chi connectivity index (χ2n) is 9.56. The molecule has 3 nitrogen and oxygen atoms in total. The van der Waals surface area contributed by atoms with Crippen molar-refractivity contribution in [1.82, 2.24) is 4.98 Å². The molecule has 0 N–H and O–H groups in total. The third-order valence-corrected chi connectivity index (χ3v) is 7.30. The number of para-hydroxylation sites is 1. The minimum absolute atomic E-state index is 0.0801. The Kier molecular flexibility index (Phi) is 4.40. The predicted molar refractivity (Wildman–Crippen MR) is 129 cm³/mol. The van der Waals surface area contributed by atoms with Gasteiger partial charge in [-0.1, -0.05) is 48.5 Å². The number of benzene rings is 2. The lowest BCUT2D eigenvalue weighted by atomic mass is 9.74. The zero-order chi connectivity index (χ0) is 21.8. The Morgan fingerprint density at radius 2 is 1.65 bits per heavy atom. The van der Waals surface area contributed by atoms with E-state index in [0.717, 1.165) is 6.42 Å². The Morgan fingerprint density at radius 3 is 2.39 bits per heavy atom. The Bertz CT molecular complexity index is 1220. The Balaban J connectivity index is 1.69. The number of pyridine rings is 1. The monoisotopic (exact) mass is 408 g/mol. The lowest BCUT2D eigenvalue weighted by Gasteiger charge is -2.29. The van der Waals surface area contributed by atoms with Gasteiger partial charge in [-0.05, 0) is 50.5 Å². The van der Waals surface area contributed by atoms with Crippen LogP contribution in [0.1, 0.15) is 37.5 Å². The summed E-state index contributed by atoms with van der Waals surface area (Å²) in [7, 11) is 4.37. The van der Waals surface area contributed by atoms with E-state index in [2.05, 4.69) is 116 Å². The Labute approximate surface area is 185 Å². The van der Waals surface area contributed by atoms with Gasteiger partial charge in [0.15, 0.2) is 5.71 Å². The SMILES string of the molecule is CN1C(=CC2=[N+](C)c3cnccc3C2(C)C)C(C)(Cc2ccccc2)c2ccccc21. The summed E-state index contributed by atoms with van der Waals surface area (Å²) in [6.45, 7) is 7.03. The summed E-state index contributed by atoms with van der Waals surface area (Å²) in [6, 6.07) is 21.9. The average molecular weight is 409 g/mol. The van der Waals surface area contributed by atoms with Crippen LogP contribution < -0.4 is 4.90 Å². The number of anilines is 1. The number of nitrogens with zero attached hydrogens (tertiary/aromatic N) is 3. The van der Waals surface area contributed by atoms with Crippen molar-refractivity contribution in [3.05, 3.63) is 102 Å². The Hall–Kier alpha value is -3.20. The van der Waals surface area contributed by atoms with Crippen molar-refractivity contribution in [3.8, 4) is 0 Å². The van der Waals surface area contributed by atoms with Crippen LogP contribution in [0.5, 0.6) is 0 Å². The molecule has 2 aromatic carbocycles. The van der Waals surface area contributed by atoms with Gasteiger partial charge in [0.05, 0.1) is 11.6 Å². The molecule has 0 saturated heterocycles. The summed E-state index contributed by atoms with van der Waals surface area (Å²) in [5.74, 6) is 0. The van der Waals surface area contributed by atoms with Crippen LogP contribution >= 0.6 is 0 Å². The van der Waals surface area contributed by atoms with Gasteiger partial charge in [-0.15, -0.1) is 0 Å². The van der Waals surface area contributed by atoms with Crippen molar-refractivity contribution in [3.63, 3.8) is 0 Å². The van der Waals surface area contributed by atoms with Crippen LogP contribution in [0, 0.1) is 0 Å². The quantitative estimate of drug-likeness (QED) is 0.524. The normalized spacial score (nSPS) is 22.7. The van der Waals surface area contributed by atoms with E-state index in [-0.39, 0.29) is 10.8 Å².